The minimum Gasteiger partial charge on any atom is -0.454 e. The monoisotopic (exact) mass is 348 g/mol. The van der Waals surface area contributed by atoms with E-state index in [9.17, 15) is 4.79 Å². The van der Waals surface area contributed by atoms with Gasteiger partial charge in [-0.25, -0.2) is 0 Å². The van der Waals surface area contributed by atoms with Gasteiger partial charge in [-0.15, -0.1) is 0 Å². The number of hydrogen-bond acceptors (Lipinski definition) is 5. The normalized spacial score (nSPS) is 24.2. The van der Waals surface area contributed by atoms with Gasteiger partial charge in [-0.2, -0.15) is 11.8 Å². The molecule has 3 aliphatic heterocycles. The van der Waals surface area contributed by atoms with Gasteiger partial charge in [0.15, 0.2) is 11.5 Å². The number of benzene rings is 1. The summed E-state index contributed by atoms with van der Waals surface area (Å²) in [5, 5.41) is 3.09. The average molecular weight is 348 g/mol. The van der Waals surface area contributed by atoms with Crippen molar-refractivity contribution in [1.82, 2.24) is 10.2 Å². The van der Waals surface area contributed by atoms with E-state index in [4.69, 9.17) is 9.47 Å². The molecule has 0 bridgehead atoms. The highest BCUT2D eigenvalue weighted by molar-refractivity contribution is 7.99. The van der Waals surface area contributed by atoms with Crippen LogP contribution < -0.4 is 14.8 Å². The van der Waals surface area contributed by atoms with Crippen molar-refractivity contribution in [3.8, 4) is 11.5 Å². The largest absolute Gasteiger partial charge is 0.454 e. The molecule has 0 unspecified atom stereocenters. The first-order valence-electron chi connectivity index (χ1n) is 8.79. The zero-order chi connectivity index (χ0) is 16.4. The Morgan fingerprint density at radius 3 is 2.83 bits per heavy atom. The third-order valence-corrected chi connectivity index (χ3v) is 6.40. The lowest BCUT2D eigenvalue weighted by atomic mass is 9.95. The first-order chi connectivity index (χ1) is 11.8. The summed E-state index contributed by atoms with van der Waals surface area (Å²) in [6.45, 7) is 3.35. The molecule has 3 aliphatic rings. The summed E-state index contributed by atoms with van der Waals surface area (Å²) >= 11 is 2.08. The van der Waals surface area contributed by atoms with E-state index in [-0.39, 0.29) is 12.7 Å². The number of fused-ring (bicyclic) bond motifs is 1. The summed E-state index contributed by atoms with van der Waals surface area (Å²) in [7, 11) is 0. The van der Waals surface area contributed by atoms with Gasteiger partial charge in [0.2, 0.25) is 6.79 Å². The highest BCUT2D eigenvalue weighted by atomic mass is 32.2. The van der Waals surface area contributed by atoms with Gasteiger partial charge in [-0.3, -0.25) is 9.69 Å². The van der Waals surface area contributed by atoms with E-state index in [1.807, 2.05) is 0 Å². The first-order valence-corrected chi connectivity index (χ1v) is 9.95. The van der Waals surface area contributed by atoms with Gasteiger partial charge in [0.25, 0.3) is 5.91 Å². The molecule has 2 fully saturated rings. The van der Waals surface area contributed by atoms with Crippen LogP contribution in [0.1, 0.15) is 29.6 Å². The highest BCUT2D eigenvalue weighted by Crippen LogP contribution is 2.32. The van der Waals surface area contributed by atoms with E-state index < -0.39 is 0 Å². The molecule has 1 aromatic carbocycles. The fourth-order valence-corrected chi connectivity index (χ4v) is 4.96. The molecule has 5 nitrogen and oxygen atoms in total. The van der Waals surface area contributed by atoms with Crippen molar-refractivity contribution in [1.29, 1.82) is 0 Å². The molecular weight excluding hydrogens is 324 g/mol. The number of carbonyl (C=O) groups is 1. The molecule has 1 aromatic rings. The Hall–Kier alpha value is -1.40. The standard InChI is InChI=1S/C18H24N2O3S/c21-18(14-1-2-16-17(9-14)23-12-22-16)19-10-13-3-6-20(7-4-13)15-5-8-24-11-15/h1-2,9,13,15H,3-8,10-12H2,(H,19,21)/t15-/m0/s1. The Balaban J connectivity index is 1.24. The smallest absolute Gasteiger partial charge is 0.251 e. The molecule has 1 N–H and O–H groups in total. The summed E-state index contributed by atoms with van der Waals surface area (Å²) in [6.07, 6.45) is 3.71. The zero-order valence-corrected chi connectivity index (χ0v) is 14.6. The molecule has 0 aliphatic carbocycles. The van der Waals surface area contributed by atoms with Crippen molar-refractivity contribution >= 4 is 17.7 Å². The molecule has 2 saturated heterocycles. The second-order valence-electron chi connectivity index (χ2n) is 6.77. The Morgan fingerprint density at radius 1 is 1.21 bits per heavy atom. The molecule has 1 amide bonds. The number of ether oxygens (including phenoxy) is 2. The molecule has 4 rings (SSSR count). The van der Waals surface area contributed by atoms with Crippen molar-refractivity contribution in [2.45, 2.75) is 25.3 Å². The first kappa shape index (κ1) is 16.1. The number of nitrogens with zero attached hydrogens (tertiary/aromatic N) is 1. The third-order valence-electron chi connectivity index (χ3n) is 5.26. The van der Waals surface area contributed by atoms with Crippen LogP contribution in [-0.4, -0.2) is 54.8 Å². The number of rotatable bonds is 4. The number of hydrogen-bond donors (Lipinski definition) is 1. The molecule has 24 heavy (non-hydrogen) atoms. The number of piperidine rings is 1. The molecule has 3 heterocycles. The number of likely N-dealkylation sites (tertiary alicyclic amines) is 1. The van der Waals surface area contributed by atoms with Crippen LogP contribution in [0.4, 0.5) is 0 Å². The maximum Gasteiger partial charge on any atom is 0.251 e. The number of thioether (sulfide) groups is 1. The molecule has 6 heteroatoms. The maximum absolute atomic E-state index is 12.3. The quantitative estimate of drug-likeness (QED) is 0.905. The second-order valence-corrected chi connectivity index (χ2v) is 7.92. The van der Waals surface area contributed by atoms with E-state index in [1.165, 1.54) is 43.9 Å². The highest BCUT2D eigenvalue weighted by Gasteiger charge is 2.27. The molecule has 0 saturated carbocycles. The Morgan fingerprint density at radius 2 is 2.04 bits per heavy atom. The van der Waals surface area contributed by atoms with Crippen LogP contribution in [0.25, 0.3) is 0 Å². The van der Waals surface area contributed by atoms with Crippen molar-refractivity contribution < 1.29 is 14.3 Å². The van der Waals surface area contributed by atoms with Gasteiger partial charge in [0, 0.05) is 23.9 Å². The average Bonchev–Trinajstić information content (AvgIpc) is 3.30. The van der Waals surface area contributed by atoms with Gasteiger partial charge >= 0.3 is 0 Å². The van der Waals surface area contributed by atoms with Crippen molar-refractivity contribution in [2.24, 2.45) is 5.92 Å². The van der Waals surface area contributed by atoms with Gasteiger partial charge < -0.3 is 14.8 Å². The number of nitrogens with one attached hydrogen (secondary N) is 1. The summed E-state index contributed by atoms with van der Waals surface area (Å²) in [4.78, 5) is 15.0. The Kier molecular flexibility index (Phi) is 4.85. The molecule has 0 aromatic heterocycles. The van der Waals surface area contributed by atoms with Crippen LogP contribution in [0.2, 0.25) is 0 Å². The molecular formula is C18H24N2O3S. The van der Waals surface area contributed by atoms with Gasteiger partial charge in [0.1, 0.15) is 0 Å². The second kappa shape index (κ2) is 7.23. The SMILES string of the molecule is O=C(NCC1CCN([C@H]2CCSC2)CC1)c1ccc2c(c1)OCO2. The summed E-state index contributed by atoms with van der Waals surface area (Å²) in [6, 6.07) is 6.15. The van der Waals surface area contributed by atoms with E-state index >= 15 is 0 Å². The molecule has 1 atom stereocenters. The van der Waals surface area contributed by atoms with Crippen LogP contribution in [-0.2, 0) is 0 Å². The van der Waals surface area contributed by atoms with E-state index in [1.54, 1.807) is 18.2 Å². The Bertz CT molecular complexity index is 596. The zero-order valence-electron chi connectivity index (χ0n) is 13.8. The van der Waals surface area contributed by atoms with Crippen LogP contribution in [0, 0.1) is 5.92 Å². The lowest BCUT2D eigenvalue weighted by Crippen LogP contribution is -2.43. The fraction of sp³-hybridized carbons (Fsp3) is 0.611. The van der Waals surface area contributed by atoms with Crippen LogP contribution in [0.5, 0.6) is 11.5 Å². The number of carbonyl (C=O) groups excluding carboxylic acids is 1. The number of amides is 1. The topological polar surface area (TPSA) is 50.8 Å². The van der Waals surface area contributed by atoms with Gasteiger partial charge in [0.05, 0.1) is 0 Å². The van der Waals surface area contributed by atoms with Crippen LogP contribution in [0.3, 0.4) is 0 Å². The maximum atomic E-state index is 12.3. The van der Waals surface area contributed by atoms with Crippen molar-refractivity contribution in [3.05, 3.63) is 23.8 Å². The molecule has 130 valence electrons. The van der Waals surface area contributed by atoms with Crippen molar-refractivity contribution in [3.63, 3.8) is 0 Å². The lowest BCUT2D eigenvalue weighted by molar-refractivity contribution is 0.0928. The van der Waals surface area contributed by atoms with E-state index in [0.717, 1.165) is 12.6 Å². The lowest BCUT2D eigenvalue weighted by Gasteiger charge is -2.35. The summed E-state index contributed by atoms with van der Waals surface area (Å²) < 4.78 is 10.6. The fourth-order valence-electron chi connectivity index (χ4n) is 3.71. The third kappa shape index (κ3) is 3.49. The van der Waals surface area contributed by atoms with Crippen LogP contribution in [0.15, 0.2) is 18.2 Å². The molecule has 0 spiro atoms. The predicted molar refractivity (Wildman–Crippen MR) is 94.9 cm³/mol. The predicted octanol–water partition coefficient (Wildman–Crippen LogP) is 2.36. The van der Waals surface area contributed by atoms with Crippen molar-refractivity contribution in [2.75, 3.05) is 37.9 Å². The van der Waals surface area contributed by atoms with Crippen LogP contribution >= 0.6 is 11.8 Å². The minimum atomic E-state index is -0.0251. The van der Waals surface area contributed by atoms with Gasteiger partial charge in [-0.05, 0) is 62.2 Å². The Labute approximate surface area is 147 Å². The van der Waals surface area contributed by atoms with E-state index in [0.29, 0.717) is 23.0 Å². The van der Waals surface area contributed by atoms with E-state index in [2.05, 4.69) is 22.0 Å². The molecule has 0 radical (unpaired) electrons. The van der Waals surface area contributed by atoms with Gasteiger partial charge in [-0.1, -0.05) is 0 Å². The summed E-state index contributed by atoms with van der Waals surface area (Å²) in [5.41, 5.74) is 0.639. The summed E-state index contributed by atoms with van der Waals surface area (Å²) in [5.74, 6) is 4.55. The minimum absolute atomic E-state index is 0.0251.